The van der Waals surface area contributed by atoms with Crippen LogP contribution in [0, 0.1) is 6.92 Å². The summed E-state index contributed by atoms with van der Waals surface area (Å²) in [4.78, 5) is 13.5. The van der Waals surface area contributed by atoms with Crippen molar-refractivity contribution in [3.8, 4) is 11.4 Å². The number of aromatic nitrogens is 3. The minimum Gasteiger partial charge on any atom is -0.325 e. The van der Waals surface area contributed by atoms with Gasteiger partial charge in [-0.2, -0.15) is 0 Å². The molecule has 1 atom stereocenters. The van der Waals surface area contributed by atoms with Gasteiger partial charge >= 0.3 is 0 Å². The molecule has 0 bridgehead atoms. The van der Waals surface area contributed by atoms with Gasteiger partial charge in [0.15, 0.2) is 11.0 Å². The van der Waals surface area contributed by atoms with E-state index in [0.29, 0.717) is 11.7 Å². The average Bonchev–Trinajstić information content (AvgIpc) is 3.26. The number of thioether (sulfide) groups is 1. The van der Waals surface area contributed by atoms with Gasteiger partial charge in [0.05, 0.1) is 0 Å². The summed E-state index contributed by atoms with van der Waals surface area (Å²) in [6.45, 7) is 13.1. The van der Waals surface area contributed by atoms with Gasteiger partial charge in [-0.15, -0.1) is 16.8 Å². The van der Waals surface area contributed by atoms with Gasteiger partial charge < -0.3 is 5.32 Å². The van der Waals surface area contributed by atoms with Crippen LogP contribution in [-0.2, 0) is 16.8 Å². The quantitative estimate of drug-likeness (QED) is 0.207. The normalized spacial score (nSPS) is 12.2. The Hall–Kier alpha value is -3.64. The van der Waals surface area contributed by atoms with Gasteiger partial charge in [-0.05, 0) is 35.6 Å². The molecule has 0 aliphatic rings. The number of rotatable bonds is 8. The predicted molar refractivity (Wildman–Crippen MR) is 149 cm³/mol. The Morgan fingerprint density at radius 1 is 1.00 bits per heavy atom. The van der Waals surface area contributed by atoms with Gasteiger partial charge in [0.25, 0.3) is 0 Å². The highest BCUT2D eigenvalue weighted by Gasteiger charge is 2.26. The van der Waals surface area contributed by atoms with E-state index in [-0.39, 0.29) is 11.3 Å². The number of carbonyl (C=O) groups is 1. The van der Waals surface area contributed by atoms with E-state index in [1.54, 1.807) is 0 Å². The van der Waals surface area contributed by atoms with E-state index in [1.165, 1.54) is 17.3 Å². The number of nitrogens with zero attached hydrogens (tertiary/aromatic N) is 3. The Bertz CT molecular complexity index is 1320. The molecular formula is C30H32N4OS. The maximum absolute atomic E-state index is 13.5. The Morgan fingerprint density at radius 3 is 2.28 bits per heavy atom. The molecule has 0 aliphatic carbocycles. The molecule has 0 aliphatic heterocycles. The first-order chi connectivity index (χ1) is 17.3. The van der Waals surface area contributed by atoms with Crippen LogP contribution in [0.2, 0.25) is 0 Å². The summed E-state index contributed by atoms with van der Waals surface area (Å²) in [6.07, 6.45) is 1.82. The highest BCUT2D eigenvalue weighted by molar-refractivity contribution is 8.00. The summed E-state index contributed by atoms with van der Waals surface area (Å²) in [5.74, 6) is 0.642. The minimum atomic E-state index is -0.503. The summed E-state index contributed by atoms with van der Waals surface area (Å²) in [7, 11) is 0. The van der Waals surface area contributed by atoms with E-state index in [9.17, 15) is 4.79 Å². The van der Waals surface area contributed by atoms with Crippen LogP contribution in [0.4, 0.5) is 5.69 Å². The fraction of sp³-hybridized carbons (Fsp3) is 0.233. The molecule has 4 aromatic rings. The lowest BCUT2D eigenvalue weighted by atomic mass is 9.87. The second kappa shape index (κ2) is 11.0. The van der Waals surface area contributed by atoms with Crippen LogP contribution >= 0.6 is 11.8 Å². The lowest BCUT2D eigenvalue weighted by molar-refractivity contribution is -0.115. The third-order valence-electron chi connectivity index (χ3n) is 5.92. The van der Waals surface area contributed by atoms with E-state index in [0.717, 1.165) is 28.2 Å². The Kier molecular flexibility index (Phi) is 7.75. The van der Waals surface area contributed by atoms with Gasteiger partial charge in [-0.3, -0.25) is 9.36 Å². The van der Waals surface area contributed by atoms with Crippen molar-refractivity contribution in [2.45, 2.75) is 50.1 Å². The summed E-state index contributed by atoms with van der Waals surface area (Å²) >= 11 is 1.39. The van der Waals surface area contributed by atoms with Crippen molar-refractivity contribution in [1.29, 1.82) is 0 Å². The number of anilines is 1. The van der Waals surface area contributed by atoms with Gasteiger partial charge in [-0.25, -0.2) is 0 Å². The average molecular weight is 497 g/mol. The number of carbonyl (C=O) groups excluding carboxylic acids is 1. The third kappa shape index (κ3) is 5.94. The monoisotopic (exact) mass is 496 g/mol. The second-order valence-electron chi connectivity index (χ2n) is 9.80. The van der Waals surface area contributed by atoms with Gasteiger partial charge in [0, 0.05) is 17.8 Å². The summed E-state index contributed by atoms with van der Waals surface area (Å²) in [5, 5.41) is 12.2. The molecule has 4 rings (SSSR count). The molecule has 1 amide bonds. The molecule has 0 radical (unpaired) electrons. The summed E-state index contributed by atoms with van der Waals surface area (Å²) in [6, 6.07) is 26.0. The fourth-order valence-corrected chi connectivity index (χ4v) is 4.90. The number of aryl methyl sites for hydroxylation is 1. The van der Waals surface area contributed by atoms with Crippen LogP contribution in [-0.4, -0.2) is 20.7 Å². The third-order valence-corrected chi connectivity index (χ3v) is 7.16. The molecule has 3 aromatic carbocycles. The lowest BCUT2D eigenvalue weighted by Crippen LogP contribution is -2.19. The number of benzene rings is 3. The molecular weight excluding hydrogens is 464 g/mol. The number of allylic oxidation sites excluding steroid dienone is 1. The maximum atomic E-state index is 13.5. The molecule has 1 unspecified atom stereocenters. The molecule has 36 heavy (non-hydrogen) atoms. The SMILES string of the molecule is C=CCn1c(SC(C(=O)Nc2ccc(C)cc2)c2ccccc2)nnc1-c1ccc(C(C)(C)C)cc1. The highest BCUT2D eigenvalue weighted by atomic mass is 32.2. The number of hydrogen-bond acceptors (Lipinski definition) is 4. The maximum Gasteiger partial charge on any atom is 0.242 e. The van der Waals surface area contributed by atoms with E-state index in [4.69, 9.17) is 0 Å². The van der Waals surface area contributed by atoms with Gasteiger partial charge in [0.2, 0.25) is 5.91 Å². The van der Waals surface area contributed by atoms with Crippen molar-refractivity contribution in [2.24, 2.45) is 0 Å². The molecule has 0 saturated carbocycles. The van der Waals surface area contributed by atoms with E-state index >= 15 is 0 Å². The number of hydrogen-bond donors (Lipinski definition) is 1. The first-order valence-corrected chi connectivity index (χ1v) is 12.9. The molecule has 1 heterocycles. The lowest BCUT2D eigenvalue weighted by Gasteiger charge is -2.19. The van der Waals surface area contributed by atoms with Crippen molar-refractivity contribution >= 4 is 23.4 Å². The van der Waals surface area contributed by atoms with Crippen molar-refractivity contribution < 1.29 is 4.79 Å². The van der Waals surface area contributed by atoms with Crippen LogP contribution in [0.25, 0.3) is 11.4 Å². The zero-order valence-corrected chi connectivity index (χ0v) is 22.0. The molecule has 5 nitrogen and oxygen atoms in total. The van der Waals surface area contributed by atoms with Crippen molar-refractivity contribution in [3.05, 3.63) is 108 Å². The van der Waals surface area contributed by atoms with Crippen LogP contribution in [0.1, 0.15) is 42.7 Å². The summed E-state index contributed by atoms with van der Waals surface area (Å²) in [5.41, 5.74) is 5.11. The Labute approximate surface area is 217 Å². The molecule has 1 aromatic heterocycles. The van der Waals surface area contributed by atoms with Crippen molar-refractivity contribution in [2.75, 3.05) is 5.32 Å². The molecule has 1 N–H and O–H groups in total. The molecule has 6 heteroatoms. The van der Waals surface area contributed by atoms with Crippen LogP contribution in [0.5, 0.6) is 0 Å². The predicted octanol–water partition coefficient (Wildman–Crippen LogP) is 7.21. The topological polar surface area (TPSA) is 59.8 Å². The Morgan fingerprint density at radius 2 is 1.67 bits per heavy atom. The van der Waals surface area contributed by atoms with Crippen molar-refractivity contribution in [1.82, 2.24) is 14.8 Å². The standard InChI is InChI=1S/C30H32N4OS/c1-6-20-34-27(23-14-16-24(17-15-23)30(3,4)5)32-33-29(34)36-26(22-10-8-7-9-11-22)28(35)31-25-18-12-21(2)13-19-25/h6-19,26H,1,20H2,2-5H3,(H,31,35). The van der Waals surface area contributed by atoms with E-state index in [2.05, 4.69) is 67.1 Å². The van der Waals surface area contributed by atoms with E-state index in [1.807, 2.05) is 72.2 Å². The molecule has 0 spiro atoms. The smallest absolute Gasteiger partial charge is 0.242 e. The van der Waals surface area contributed by atoms with Crippen LogP contribution < -0.4 is 5.32 Å². The molecule has 184 valence electrons. The molecule has 0 fully saturated rings. The second-order valence-corrected chi connectivity index (χ2v) is 10.9. The highest BCUT2D eigenvalue weighted by Crippen LogP contribution is 2.37. The number of nitrogens with one attached hydrogen (secondary N) is 1. The van der Waals surface area contributed by atoms with Crippen molar-refractivity contribution in [3.63, 3.8) is 0 Å². The Balaban J connectivity index is 1.66. The molecule has 0 saturated heterocycles. The van der Waals surface area contributed by atoms with Gasteiger partial charge in [0.1, 0.15) is 5.25 Å². The first kappa shape index (κ1) is 25.5. The largest absolute Gasteiger partial charge is 0.325 e. The summed E-state index contributed by atoms with van der Waals surface area (Å²) < 4.78 is 2.01. The van der Waals surface area contributed by atoms with Crippen LogP contribution in [0.3, 0.4) is 0 Å². The van der Waals surface area contributed by atoms with E-state index < -0.39 is 5.25 Å². The van der Waals surface area contributed by atoms with Crippen LogP contribution in [0.15, 0.2) is 96.7 Å². The zero-order chi connectivity index (χ0) is 25.7. The first-order valence-electron chi connectivity index (χ1n) is 12.0. The fourth-order valence-electron chi connectivity index (χ4n) is 3.85. The van der Waals surface area contributed by atoms with Gasteiger partial charge in [-0.1, -0.05) is 111 Å². The zero-order valence-electron chi connectivity index (χ0n) is 21.2. The number of amides is 1. The minimum absolute atomic E-state index is 0.0715.